The van der Waals surface area contributed by atoms with Crippen LogP contribution >= 0.6 is 0 Å². The Morgan fingerprint density at radius 2 is 1.93 bits per heavy atom. The van der Waals surface area contributed by atoms with Crippen LogP contribution in [-0.2, 0) is 11.8 Å². The van der Waals surface area contributed by atoms with Gasteiger partial charge in [-0.15, -0.1) is 0 Å². The number of aromatic nitrogens is 3. The number of rotatable bonds is 4. The van der Waals surface area contributed by atoms with E-state index in [2.05, 4.69) is 10.4 Å². The molecule has 7 nitrogen and oxygen atoms in total. The largest absolute Gasteiger partial charge is 0.356 e. The zero-order valence-corrected chi connectivity index (χ0v) is 16.3. The van der Waals surface area contributed by atoms with E-state index in [9.17, 15) is 9.59 Å². The molecule has 0 bridgehead atoms. The zero-order chi connectivity index (χ0) is 19.1. The van der Waals surface area contributed by atoms with E-state index in [1.807, 2.05) is 24.9 Å². The third-order valence-corrected chi connectivity index (χ3v) is 5.76. The van der Waals surface area contributed by atoms with Gasteiger partial charge in [0.1, 0.15) is 0 Å². The van der Waals surface area contributed by atoms with Crippen LogP contribution in [0, 0.1) is 12.8 Å². The Morgan fingerprint density at radius 3 is 2.56 bits per heavy atom. The van der Waals surface area contributed by atoms with E-state index in [0.29, 0.717) is 18.4 Å². The summed E-state index contributed by atoms with van der Waals surface area (Å²) < 4.78 is 1.78. The number of fused-ring (bicyclic) bond motifs is 1. The van der Waals surface area contributed by atoms with Crippen molar-refractivity contribution in [1.82, 2.24) is 25.0 Å². The first-order valence-electron chi connectivity index (χ1n) is 9.82. The van der Waals surface area contributed by atoms with Gasteiger partial charge in [-0.05, 0) is 44.6 Å². The molecule has 2 aromatic heterocycles. The molecule has 0 aromatic carbocycles. The maximum Gasteiger partial charge on any atom is 0.254 e. The summed E-state index contributed by atoms with van der Waals surface area (Å²) in [6.45, 7) is 5.64. The SMILES string of the molecule is CC(=O)NCC1CCN(C(=O)c2cc(C3CC3)nc3c2c(C)nn3C)CC1. The van der Waals surface area contributed by atoms with Gasteiger partial charge in [0.25, 0.3) is 5.91 Å². The van der Waals surface area contributed by atoms with Crippen LogP contribution in [0.4, 0.5) is 0 Å². The van der Waals surface area contributed by atoms with Gasteiger partial charge in [-0.1, -0.05) is 0 Å². The lowest BCUT2D eigenvalue weighted by Gasteiger charge is -2.32. The van der Waals surface area contributed by atoms with E-state index in [0.717, 1.165) is 66.8 Å². The Kier molecular flexibility index (Phi) is 4.61. The summed E-state index contributed by atoms with van der Waals surface area (Å²) in [4.78, 5) is 31.2. The molecular formula is C20H27N5O2. The molecule has 1 N–H and O–H groups in total. The molecule has 0 radical (unpaired) electrons. The lowest BCUT2D eigenvalue weighted by molar-refractivity contribution is -0.119. The van der Waals surface area contributed by atoms with Gasteiger partial charge < -0.3 is 10.2 Å². The van der Waals surface area contributed by atoms with Gasteiger partial charge in [-0.2, -0.15) is 5.10 Å². The number of carbonyl (C=O) groups excluding carboxylic acids is 2. The molecule has 1 aliphatic carbocycles. The summed E-state index contributed by atoms with van der Waals surface area (Å²) in [5, 5.41) is 8.27. The number of pyridine rings is 1. The highest BCUT2D eigenvalue weighted by atomic mass is 16.2. The smallest absolute Gasteiger partial charge is 0.254 e. The van der Waals surface area contributed by atoms with E-state index in [1.165, 1.54) is 0 Å². The highest BCUT2D eigenvalue weighted by Crippen LogP contribution is 2.40. The molecule has 2 aromatic rings. The molecule has 0 unspecified atom stereocenters. The summed E-state index contributed by atoms with van der Waals surface area (Å²) in [6.07, 6.45) is 4.14. The lowest BCUT2D eigenvalue weighted by atomic mass is 9.95. The molecule has 4 rings (SSSR count). The fourth-order valence-corrected chi connectivity index (χ4v) is 4.02. The maximum atomic E-state index is 13.3. The number of piperidine rings is 1. The number of hydrogen-bond donors (Lipinski definition) is 1. The van der Waals surface area contributed by atoms with Crippen LogP contribution in [0.15, 0.2) is 6.07 Å². The normalized spacial score (nSPS) is 18.1. The number of aryl methyl sites for hydroxylation is 2. The molecule has 1 saturated carbocycles. The van der Waals surface area contributed by atoms with Crippen LogP contribution in [0.3, 0.4) is 0 Å². The van der Waals surface area contributed by atoms with Crippen LogP contribution in [0.25, 0.3) is 11.0 Å². The topological polar surface area (TPSA) is 80.1 Å². The molecule has 0 spiro atoms. The standard InChI is InChI=1S/C20H27N5O2/c1-12-18-16(10-17(15-4-5-15)22-19(18)24(3)23-12)20(27)25-8-6-14(7-9-25)11-21-13(2)26/h10,14-15H,4-9,11H2,1-3H3,(H,21,26). The maximum absolute atomic E-state index is 13.3. The van der Waals surface area contributed by atoms with Crippen molar-refractivity contribution in [1.29, 1.82) is 0 Å². The first kappa shape index (κ1) is 17.9. The fraction of sp³-hybridized carbons (Fsp3) is 0.600. The third kappa shape index (κ3) is 3.55. The van der Waals surface area contributed by atoms with Crippen molar-refractivity contribution in [3.8, 4) is 0 Å². The number of likely N-dealkylation sites (tertiary alicyclic amines) is 1. The number of nitrogens with one attached hydrogen (secondary N) is 1. The zero-order valence-electron chi connectivity index (χ0n) is 16.3. The van der Waals surface area contributed by atoms with Crippen LogP contribution in [0.2, 0.25) is 0 Å². The van der Waals surface area contributed by atoms with E-state index in [1.54, 1.807) is 11.6 Å². The van der Waals surface area contributed by atoms with Gasteiger partial charge in [0.2, 0.25) is 5.91 Å². The van der Waals surface area contributed by atoms with E-state index in [-0.39, 0.29) is 11.8 Å². The summed E-state index contributed by atoms with van der Waals surface area (Å²) in [5.41, 5.74) is 3.43. The van der Waals surface area contributed by atoms with Gasteiger partial charge in [-0.3, -0.25) is 14.3 Å². The average molecular weight is 369 g/mol. The van der Waals surface area contributed by atoms with Gasteiger partial charge in [0.05, 0.1) is 16.6 Å². The minimum Gasteiger partial charge on any atom is -0.356 e. The molecule has 7 heteroatoms. The summed E-state index contributed by atoms with van der Waals surface area (Å²) >= 11 is 0. The first-order valence-corrected chi connectivity index (χ1v) is 9.82. The van der Waals surface area contributed by atoms with E-state index < -0.39 is 0 Å². The van der Waals surface area contributed by atoms with Crippen molar-refractivity contribution >= 4 is 22.8 Å². The van der Waals surface area contributed by atoms with E-state index >= 15 is 0 Å². The molecule has 1 aliphatic heterocycles. The van der Waals surface area contributed by atoms with Crippen molar-refractivity contribution in [2.45, 2.75) is 45.4 Å². The number of nitrogens with zero attached hydrogens (tertiary/aromatic N) is 4. The predicted molar refractivity (Wildman–Crippen MR) is 103 cm³/mol. The lowest BCUT2D eigenvalue weighted by Crippen LogP contribution is -2.41. The van der Waals surface area contributed by atoms with Crippen molar-refractivity contribution in [2.75, 3.05) is 19.6 Å². The molecule has 27 heavy (non-hydrogen) atoms. The Labute approximate surface area is 159 Å². The Balaban J connectivity index is 1.57. The molecule has 1 saturated heterocycles. The number of carbonyl (C=O) groups is 2. The third-order valence-electron chi connectivity index (χ3n) is 5.76. The van der Waals surface area contributed by atoms with Crippen LogP contribution < -0.4 is 5.32 Å². The number of amides is 2. The quantitative estimate of drug-likeness (QED) is 0.895. The van der Waals surface area contributed by atoms with Crippen LogP contribution in [-0.4, -0.2) is 51.1 Å². The average Bonchev–Trinajstić information content (AvgIpc) is 3.46. The van der Waals surface area contributed by atoms with Crippen molar-refractivity contribution in [2.24, 2.45) is 13.0 Å². The first-order chi connectivity index (χ1) is 12.9. The predicted octanol–water partition coefficient (Wildman–Crippen LogP) is 2.14. The molecular weight excluding hydrogens is 342 g/mol. The Bertz CT molecular complexity index is 891. The van der Waals surface area contributed by atoms with Gasteiger partial charge in [0, 0.05) is 45.2 Å². The fourth-order valence-electron chi connectivity index (χ4n) is 4.02. The van der Waals surface area contributed by atoms with Crippen molar-refractivity contribution in [3.63, 3.8) is 0 Å². The minimum absolute atomic E-state index is 0.00680. The van der Waals surface area contributed by atoms with Crippen LogP contribution in [0.1, 0.15) is 60.3 Å². The van der Waals surface area contributed by atoms with Gasteiger partial charge >= 0.3 is 0 Å². The van der Waals surface area contributed by atoms with Gasteiger partial charge in [0.15, 0.2) is 5.65 Å². The second-order valence-corrected chi connectivity index (χ2v) is 7.95. The van der Waals surface area contributed by atoms with Gasteiger partial charge in [-0.25, -0.2) is 4.98 Å². The Hall–Kier alpha value is -2.44. The molecule has 2 fully saturated rings. The monoisotopic (exact) mass is 369 g/mol. The summed E-state index contributed by atoms with van der Waals surface area (Å²) in [7, 11) is 1.89. The molecule has 2 amide bonds. The van der Waals surface area contributed by atoms with Crippen molar-refractivity contribution < 1.29 is 9.59 Å². The summed E-state index contributed by atoms with van der Waals surface area (Å²) in [5.74, 6) is 1.02. The highest BCUT2D eigenvalue weighted by Gasteiger charge is 2.31. The Morgan fingerprint density at radius 1 is 1.22 bits per heavy atom. The summed E-state index contributed by atoms with van der Waals surface area (Å²) in [6, 6.07) is 2.00. The minimum atomic E-state index is 0.00680. The molecule has 0 atom stereocenters. The van der Waals surface area contributed by atoms with E-state index in [4.69, 9.17) is 4.98 Å². The second kappa shape index (κ2) is 6.94. The van der Waals surface area contributed by atoms with Crippen molar-refractivity contribution in [3.05, 3.63) is 23.0 Å². The molecule has 144 valence electrons. The van der Waals surface area contributed by atoms with Crippen LogP contribution in [0.5, 0.6) is 0 Å². The number of hydrogen-bond acceptors (Lipinski definition) is 4. The second-order valence-electron chi connectivity index (χ2n) is 7.95. The molecule has 2 aliphatic rings. The molecule has 3 heterocycles. The highest BCUT2D eigenvalue weighted by molar-refractivity contribution is 6.06.